The number of hydrogen-bond acceptors (Lipinski definition) is 5. The zero-order valence-electron chi connectivity index (χ0n) is 15.8. The molecule has 5 unspecified atom stereocenters. The fourth-order valence-electron chi connectivity index (χ4n) is 2.65. The molecule has 0 radical (unpaired) electrons. The largest absolute Gasteiger partial charge is 0.480 e. The quantitative estimate of drug-likeness (QED) is 0.366. The van der Waals surface area contributed by atoms with Gasteiger partial charge in [0.1, 0.15) is 18.1 Å². The SMILES string of the molecule is CCC(C)C(NC(=O)C(C)NC(=O)C(C)NC(=O)C1CCCN1)C(=O)O. The van der Waals surface area contributed by atoms with E-state index in [-0.39, 0.29) is 17.9 Å². The molecule has 0 saturated carbocycles. The normalized spacial score (nSPS) is 21.2. The molecule has 0 aromatic heterocycles. The fourth-order valence-corrected chi connectivity index (χ4v) is 2.65. The number of amides is 3. The third-order valence-electron chi connectivity index (χ3n) is 4.66. The Labute approximate surface area is 153 Å². The number of aliphatic carboxylic acids is 1. The van der Waals surface area contributed by atoms with Crippen LogP contribution in [0.15, 0.2) is 0 Å². The van der Waals surface area contributed by atoms with Crippen molar-refractivity contribution >= 4 is 23.7 Å². The molecule has 5 N–H and O–H groups in total. The van der Waals surface area contributed by atoms with E-state index in [1.54, 1.807) is 6.92 Å². The van der Waals surface area contributed by atoms with Crippen LogP contribution in [-0.4, -0.2) is 59.5 Å². The first kappa shape index (κ1) is 21.9. The third-order valence-corrected chi connectivity index (χ3v) is 4.66. The Morgan fingerprint density at radius 3 is 2.12 bits per heavy atom. The average molecular weight is 370 g/mol. The maximum atomic E-state index is 12.2. The van der Waals surface area contributed by atoms with E-state index in [2.05, 4.69) is 21.3 Å². The molecule has 1 saturated heterocycles. The van der Waals surface area contributed by atoms with Gasteiger partial charge in [0, 0.05) is 0 Å². The molecule has 0 spiro atoms. The van der Waals surface area contributed by atoms with Gasteiger partial charge in [-0.25, -0.2) is 4.79 Å². The predicted octanol–water partition coefficient (Wildman–Crippen LogP) is -0.637. The maximum Gasteiger partial charge on any atom is 0.326 e. The Bertz CT molecular complexity index is 533. The van der Waals surface area contributed by atoms with E-state index in [0.717, 1.165) is 19.4 Å². The van der Waals surface area contributed by atoms with Crippen molar-refractivity contribution in [2.75, 3.05) is 6.54 Å². The Kier molecular flexibility index (Phi) is 8.50. The van der Waals surface area contributed by atoms with Gasteiger partial charge in [-0.2, -0.15) is 0 Å². The summed E-state index contributed by atoms with van der Waals surface area (Å²) >= 11 is 0. The predicted molar refractivity (Wildman–Crippen MR) is 95.3 cm³/mol. The van der Waals surface area contributed by atoms with Gasteiger partial charge in [0.15, 0.2) is 0 Å². The van der Waals surface area contributed by atoms with Gasteiger partial charge in [0.05, 0.1) is 6.04 Å². The summed E-state index contributed by atoms with van der Waals surface area (Å²) in [6.45, 7) is 7.34. The maximum absolute atomic E-state index is 12.2. The zero-order chi connectivity index (χ0) is 19.9. The smallest absolute Gasteiger partial charge is 0.326 e. The van der Waals surface area contributed by atoms with Gasteiger partial charge in [-0.3, -0.25) is 14.4 Å². The Hall–Kier alpha value is -2.16. The van der Waals surface area contributed by atoms with Crippen LogP contribution in [0.25, 0.3) is 0 Å². The van der Waals surface area contributed by atoms with Crippen LogP contribution >= 0.6 is 0 Å². The van der Waals surface area contributed by atoms with Gasteiger partial charge >= 0.3 is 5.97 Å². The second kappa shape index (κ2) is 10.1. The van der Waals surface area contributed by atoms with Gasteiger partial charge in [0.2, 0.25) is 17.7 Å². The van der Waals surface area contributed by atoms with Gasteiger partial charge in [-0.05, 0) is 39.2 Å². The molecule has 0 bridgehead atoms. The molecule has 5 atom stereocenters. The summed E-state index contributed by atoms with van der Waals surface area (Å²) in [5, 5.41) is 19.8. The summed E-state index contributed by atoms with van der Waals surface area (Å²) in [7, 11) is 0. The number of carbonyl (C=O) groups excluding carboxylic acids is 3. The first-order chi connectivity index (χ1) is 12.2. The first-order valence-electron chi connectivity index (χ1n) is 9.04. The Morgan fingerprint density at radius 1 is 1.04 bits per heavy atom. The van der Waals surface area contributed by atoms with Crippen molar-refractivity contribution in [1.29, 1.82) is 0 Å². The Balaban J connectivity index is 2.52. The molecule has 1 aliphatic rings. The fraction of sp³-hybridized carbons (Fsp3) is 0.765. The second-order valence-electron chi connectivity index (χ2n) is 6.82. The number of carboxylic acid groups (broad SMARTS) is 1. The summed E-state index contributed by atoms with van der Waals surface area (Å²) in [6, 6.07) is -3.03. The number of hydrogen-bond donors (Lipinski definition) is 5. The lowest BCUT2D eigenvalue weighted by Crippen LogP contribution is -2.56. The molecule has 9 nitrogen and oxygen atoms in total. The second-order valence-corrected chi connectivity index (χ2v) is 6.82. The summed E-state index contributed by atoms with van der Waals surface area (Å²) in [4.78, 5) is 47.6. The summed E-state index contributed by atoms with van der Waals surface area (Å²) < 4.78 is 0. The van der Waals surface area contributed by atoms with Crippen LogP contribution in [0.1, 0.15) is 47.0 Å². The highest BCUT2D eigenvalue weighted by Crippen LogP contribution is 2.08. The monoisotopic (exact) mass is 370 g/mol. The van der Waals surface area contributed by atoms with Crippen molar-refractivity contribution in [2.24, 2.45) is 5.92 Å². The van der Waals surface area contributed by atoms with Crippen LogP contribution in [0, 0.1) is 5.92 Å². The van der Waals surface area contributed by atoms with Crippen molar-refractivity contribution in [3.8, 4) is 0 Å². The van der Waals surface area contributed by atoms with Crippen molar-refractivity contribution in [1.82, 2.24) is 21.3 Å². The highest BCUT2D eigenvalue weighted by Gasteiger charge is 2.29. The minimum atomic E-state index is -1.11. The third kappa shape index (κ3) is 6.29. The minimum Gasteiger partial charge on any atom is -0.480 e. The van der Waals surface area contributed by atoms with Crippen LogP contribution in [0.3, 0.4) is 0 Å². The van der Waals surface area contributed by atoms with Crippen molar-refractivity contribution in [3.05, 3.63) is 0 Å². The summed E-state index contributed by atoms with van der Waals surface area (Å²) in [6.07, 6.45) is 2.23. The molecule has 1 heterocycles. The standard InChI is InChI=1S/C17H30N4O5/c1-5-9(2)13(17(25)26)21-15(23)11(4)19-14(22)10(3)20-16(24)12-7-6-8-18-12/h9-13,18H,5-8H2,1-4H3,(H,19,22)(H,20,24)(H,21,23)(H,25,26). The summed E-state index contributed by atoms with van der Waals surface area (Å²) in [5.74, 6) is -2.69. The van der Waals surface area contributed by atoms with Crippen LogP contribution < -0.4 is 21.3 Å². The van der Waals surface area contributed by atoms with E-state index >= 15 is 0 Å². The molecule has 148 valence electrons. The number of carbonyl (C=O) groups is 4. The molecule has 0 aromatic rings. The molecule has 0 aliphatic carbocycles. The van der Waals surface area contributed by atoms with Crippen LogP contribution in [0.4, 0.5) is 0 Å². The van der Waals surface area contributed by atoms with Crippen LogP contribution in [0.5, 0.6) is 0 Å². The van der Waals surface area contributed by atoms with Crippen molar-refractivity contribution in [3.63, 3.8) is 0 Å². The average Bonchev–Trinajstić information content (AvgIpc) is 3.12. The van der Waals surface area contributed by atoms with Crippen LogP contribution in [-0.2, 0) is 19.2 Å². The van der Waals surface area contributed by atoms with E-state index < -0.39 is 35.9 Å². The van der Waals surface area contributed by atoms with E-state index in [1.807, 2.05) is 6.92 Å². The van der Waals surface area contributed by atoms with Gasteiger partial charge in [-0.1, -0.05) is 20.3 Å². The zero-order valence-corrected chi connectivity index (χ0v) is 15.8. The summed E-state index contributed by atoms with van der Waals surface area (Å²) in [5.41, 5.74) is 0. The molecule has 1 fully saturated rings. The van der Waals surface area contributed by atoms with Crippen molar-refractivity contribution in [2.45, 2.75) is 71.1 Å². The topological polar surface area (TPSA) is 137 Å². The molecular formula is C17H30N4O5. The van der Waals surface area contributed by atoms with Crippen molar-refractivity contribution < 1.29 is 24.3 Å². The van der Waals surface area contributed by atoms with E-state index in [4.69, 9.17) is 0 Å². The number of nitrogens with one attached hydrogen (secondary N) is 4. The molecule has 3 amide bonds. The minimum absolute atomic E-state index is 0.239. The van der Waals surface area contributed by atoms with Gasteiger partial charge in [-0.15, -0.1) is 0 Å². The van der Waals surface area contributed by atoms with E-state index in [0.29, 0.717) is 6.42 Å². The first-order valence-corrected chi connectivity index (χ1v) is 9.04. The van der Waals surface area contributed by atoms with E-state index in [9.17, 15) is 24.3 Å². The number of rotatable bonds is 9. The highest BCUT2D eigenvalue weighted by molar-refractivity contribution is 5.93. The molecule has 1 aliphatic heterocycles. The molecule has 0 aromatic carbocycles. The molecule has 1 rings (SSSR count). The Morgan fingerprint density at radius 2 is 1.62 bits per heavy atom. The number of carboxylic acids is 1. The molecule has 26 heavy (non-hydrogen) atoms. The van der Waals surface area contributed by atoms with E-state index in [1.165, 1.54) is 13.8 Å². The lowest BCUT2D eigenvalue weighted by molar-refractivity contribution is -0.143. The molecular weight excluding hydrogens is 340 g/mol. The highest BCUT2D eigenvalue weighted by atomic mass is 16.4. The van der Waals surface area contributed by atoms with Gasteiger partial charge in [0.25, 0.3) is 0 Å². The lowest BCUT2D eigenvalue weighted by atomic mass is 9.99. The van der Waals surface area contributed by atoms with Crippen LogP contribution in [0.2, 0.25) is 0 Å². The van der Waals surface area contributed by atoms with Gasteiger partial charge < -0.3 is 26.4 Å². The molecule has 9 heteroatoms. The lowest BCUT2D eigenvalue weighted by Gasteiger charge is -2.23.